The maximum absolute atomic E-state index is 15.5. The largest absolute Gasteiger partial charge is 0.496 e. The van der Waals surface area contributed by atoms with Crippen molar-refractivity contribution in [3.8, 4) is 5.75 Å². The van der Waals surface area contributed by atoms with Gasteiger partial charge in [0, 0.05) is 81.8 Å². The van der Waals surface area contributed by atoms with E-state index in [1.807, 2.05) is 6.07 Å². The topological polar surface area (TPSA) is 193 Å². The van der Waals surface area contributed by atoms with Gasteiger partial charge < -0.3 is 35.8 Å². The van der Waals surface area contributed by atoms with Crippen molar-refractivity contribution in [2.24, 2.45) is 5.92 Å². The van der Waals surface area contributed by atoms with Crippen LogP contribution in [0.15, 0.2) is 42.7 Å². The van der Waals surface area contributed by atoms with E-state index < -0.39 is 29.6 Å². The van der Waals surface area contributed by atoms with Gasteiger partial charge in [-0.3, -0.25) is 29.2 Å². The molecule has 2 aromatic heterocycles. The van der Waals surface area contributed by atoms with Crippen LogP contribution in [0.3, 0.4) is 0 Å². The molecule has 0 spiro atoms. The number of nitrogen functional groups attached to an aromatic ring is 1. The first kappa shape index (κ1) is 39.0. The number of amides is 4. The Hall–Kier alpha value is -5.84. The average molecular weight is 796 g/mol. The molecule has 17 heteroatoms. The van der Waals surface area contributed by atoms with E-state index in [0.717, 1.165) is 107 Å². The maximum Gasteiger partial charge on any atom is 0.274 e. The second-order valence-corrected chi connectivity index (χ2v) is 15.8. The molecule has 4 aromatic rings. The van der Waals surface area contributed by atoms with Gasteiger partial charge in [0.25, 0.3) is 11.8 Å². The molecule has 6 heterocycles. The first-order chi connectivity index (χ1) is 28.1. The van der Waals surface area contributed by atoms with Crippen LogP contribution < -0.4 is 36.2 Å². The number of imide groups is 1. The second kappa shape index (κ2) is 16.9. The highest BCUT2D eigenvalue weighted by atomic mass is 19.1. The number of nitrogens with one attached hydrogen (secondary N) is 3. The molecular weight excluding hydrogens is 746 g/mol. The molecule has 0 radical (unpaired) electrons. The van der Waals surface area contributed by atoms with Crippen molar-refractivity contribution in [1.82, 2.24) is 35.3 Å². The van der Waals surface area contributed by atoms with Gasteiger partial charge in [0.05, 0.1) is 30.0 Å². The molecule has 0 bridgehead atoms. The first-order valence-electron chi connectivity index (χ1n) is 20.3. The zero-order valence-corrected chi connectivity index (χ0v) is 32.7. The van der Waals surface area contributed by atoms with Crippen LogP contribution in [0.2, 0.25) is 0 Å². The number of rotatable bonds is 10. The number of likely N-dealkylation sites (tertiary alicyclic amines) is 1. The summed E-state index contributed by atoms with van der Waals surface area (Å²) >= 11 is 0. The molecule has 8 rings (SSSR count). The predicted molar refractivity (Wildman–Crippen MR) is 216 cm³/mol. The van der Waals surface area contributed by atoms with Gasteiger partial charge in [-0.2, -0.15) is 5.10 Å². The molecule has 5 N–H and O–H groups in total. The van der Waals surface area contributed by atoms with Crippen molar-refractivity contribution < 1.29 is 28.3 Å². The van der Waals surface area contributed by atoms with Crippen molar-refractivity contribution in [1.29, 1.82) is 0 Å². The molecular formula is C41H50FN11O5. The van der Waals surface area contributed by atoms with Gasteiger partial charge >= 0.3 is 0 Å². The van der Waals surface area contributed by atoms with Gasteiger partial charge in [-0.15, -0.1) is 0 Å². The molecule has 4 amide bonds. The normalized spacial score (nSPS) is 19.9. The number of anilines is 4. The Morgan fingerprint density at radius 1 is 0.948 bits per heavy atom. The number of ether oxygens (including phenoxy) is 1. The second-order valence-electron chi connectivity index (χ2n) is 15.8. The number of carbonyl (C=O) groups excluding carboxylic acids is 4. The van der Waals surface area contributed by atoms with Gasteiger partial charge in [-0.05, 0) is 81.5 Å². The SMILES string of the molecule is COc1cc(N2CCC(CN3CCC(n4cc5cc(NC(=O)c6ccnc(N)n6)c(N6CCCCC6)cc5n4)CC3)CC2)cc(F)c1C(=O)N[C@H]1CCC(=O)NC1=O. The monoisotopic (exact) mass is 795 g/mol. The summed E-state index contributed by atoms with van der Waals surface area (Å²) in [6.07, 6.45) is 11.1. The summed E-state index contributed by atoms with van der Waals surface area (Å²) in [5.41, 5.74) is 8.94. The lowest BCUT2D eigenvalue weighted by Crippen LogP contribution is -2.52. The lowest BCUT2D eigenvalue weighted by atomic mass is 9.94. The fraction of sp³-hybridized carbons (Fsp3) is 0.488. The number of benzene rings is 2. The fourth-order valence-corrected chi connectivity index (χ4v) is 8.75. The Bertz CT molecular complexity index is 2190. The smallest absolute Gasteiger partial charge is 0.274 e. The molecule has 4 aliphatic rings. The number of piperidine rings is 4. The number of halogens is 1. The van der Waals surface area contributed by atoms with E-state index >= 15 is 4.39 Å². The van der Waals surface area contributed by atoms with E-state index in [4.69, 9.17) is 15.6 Å². The molecule has 4 saturated heterocycles. The molecule has 58 heavy (non-hydrogen) atoms. The zero-order chi connectivity index (χ0) is 40.3. The summed E-state index contributed by atoms with van der Waals surface area (Å²) in [6.45, 7) is 6.27. The molecule has 0 saturated carbocycles. The van der Waals surface area contributed by atoms with Crippen LogP contribution in [0.25, 0.3) is 10.9 Å². The Kier molecular flexibility index (Phi) is 11.4. The van der Waals surface area contributed by atoms with Crippen LogP contribution in [0.4, 0.5) is 27.4 Å². The summed E-state index contributed by atoms with van der Waals surface area (Å²) in [5.74, 6) is -2.18. The van der Waals surface area contributed by atoms with E-state index in [2.05, 4.69) is 57.6 Å². The fourth-order valence-electron chi connectivity index (χ4n) is 8.75. The first-order valence-corrected chi connectivity index (χ1v) is 20.3. The van der Waals surface area contributed by atoms with Gasteiger partial charge in [-0.1, -0.05) is 0 Å². The number of hydrogen-bond donors (Lipinski definition) is 4. The Labute approximate surface area is 335 Å². The van der Waals surface area contributed by atoms with Crippen LogP contribution >= 0.6 is 0 Å². The quantitative estimate of drug-likeness (QED) is 0.170. The van der Waals surface area contributed by atoms with E-state index in [1.165, 1.54) is 25.8 Å². The van der Waals surface area contributed by atoms with E-state index in [-0.39, 0.29) is 47.7 Å². The minimum absolute atomic E-state index is 0.0513. The Morgan fingerprint density at radius 2 is 1.72 bits per heavy atom. The van der Waals surface area contributed by atoms with Crippen LogP contribution in [-0.2, 0) is 9.59 Å². The van der Waals surface area contributed by atoms with Gasteiger partial charge in [0.2, 0.25) is 17.8 Å². The summed E-state index contributed by atoms with van der Waals surface area (Å²) in [7, 11) is 1.39. The van der Waals surface area contributed by atoms with Crippen molar-refractivity contribution >= 4 is 57.5 Å². The van der Waals surface area contributed by atoms with Crippen molar-refractivity contribution in [3.63, 3.8) is 0 Å². The minimum Gasteiger partial charge on any atom is -0.496 e. The summed E-state index contributed by atoms with van der Waals surface area (Å²) in [6, 6.07) is 8.05. The standard InChI is InChI=1S/C41H50FN11O5/c1-58-35-21-28(20-29(42)37(35)40(57)45-30-5-6-36(54)48-39(30)56)51-17-8-25(9-18-51)23-50-15-10-27(11-16-50)53-24-26-19-33(46-38(55)31-7-12-44-41(43)47-31)34(22-32(26)49-53)52-13-3-2-4-14-52/h7,12,19-22,24-25,27,30H,2-6,8-11,13-18,23H2,1H3,(H,45,57)(H,46,55)(H2,43,44,47)(H,48,54,56)/t30-/m0/s1. The van der Waals surface area contributed by atoms with Crippen LogP contribution in [0.5, 0.6) is 5.75 Å². The summed E-state index contributed by atoms with van der Waals surface area (Å²) < 4.78 is 23.0. The van der Waals surface area contributed by atoms with Gasteiger partial charge in [0.15, 0.2) is 0 Å². The molecule has 4 aliphatic heterocycles. The third-order valence-corrected chi connectivity index (χ3v) is 11.9. The van der Waals surface area contributed by atoms with E-state index in [1.54, 1.807) is 12.1 Å². The lowest BCUT2D eigenvalue weighted by molar-refractivity contribution is -0.134. The van der Waals surface area contributed by atoms with Crippen LogP contribution in [0, 0.1) is 11.7 Å². The van der Waals surface area contributed by atoms with Crippen molar-refractivity contribution in [3.05, 3.63) is 59.8 Å². The number of fused-ring (bicyclic) bond motifs is 1. The highest BCUT2D eigenvalue weighted by Gasteiger charge is 2.32. The number of methoxy groups -OCH3 is 1. The molecule has 0 unspecified atom stereocenters. The Balaban J connectivity index is 0.862. The number of aromatic nitrogens is 4. The highest BCUT2D eigenvalue weighted by molar-refractivity contribution is 6.07. The Morgan fingerprint density at radius 3 is 2.45 bits per heavy atom. The average Bonchev–Trinajstić information content (AvgIpc) is 3.65. The van der Waals surface area contributed by atoms with E-state index in [0.29, 0.717) is 11.6 Å². The summed E-state index contributed by atoms with van der Waals surface area (Å²) in [4.78, 5) is 64.9. The molecule has 0 aliphatic carbocycles. The predicted octanol–water partition coefficient (Wildman–Crippen LogP) is 3.89. The lowest BCUT2D eigenvalue weighted by Gasteiger charge is -2.38. The molecule has 4 fully saturated rings. The molecule has 16 nitrogen and oxygen atoms in total. The molecule has 2 aromatic carbocycles. The van der Waals surface area contributed by atoms with Gasteiger partial charge in [0.1, 0.15) is 28.9 Å². The molecule has 306 valence electrons. The third kappa shape index (κ3) is 8.54. The third-order valence-electron chi connectivity index (χ3n) is 11.9. The minimum atomic E-state index is -0.920. The zero-order valence-electron chi connectivity index (χ0n) is 32.7. The van der Waals surface area contributed by atoms with Crippen molar-refractivity contribution in [2.75, 3.05) is 73.8 Å². The number of carbonyl (C=O) groups is 4. The van der Waals surface area contributed by atoms with Crippen LogP contribution in [-0.4, -0.2) is 107 Å². The van der Waals surface area contributed by atoms with Gasteiger partial charge in [-0.25, -0.2) is 14.4 Å². The van der Waals surface area contributed by atoms with Crippen molar-refractivity contribution in [2.45, 2.75) is 69.9 Å². The molecule has 1 atom stereocenters. The maximum atomic E-state index is 15.5. The highest BCUT2D eigenvalue weighted by Crippen LogP contribution is 2.36. The number of nitrogens with zero attached hydrogens (tertiary/aromatic N) is 7. The number of hydrogen-bond acceptors (Lipinski definition) is 12. The summed E-state index contributed by atoms with van der Waals surface area (Å²) in [5, 5.41) is 13.9. The number of nitrogens with two attached hydrogens (primary N) is 1. The van der Waals surface area contributed by atoms with E-state index in [9.17, 15) is 19.2 Å². The van der Waals surface area contributed by atoms with Crippen LogP contribution in [0.1, 0.15) is 84.7 Å².